The minimum absolute atomic E-state index is 0.631. The zero-order valence-corrected chi connectivity index (χ0v) is 10.8. The van der Waals surface area contributed by atoms with E-state index in [9.17, 15) is 0 Å². The highest BCUT2D eigenvalue weighted by molar-refractivity contribution is 5.79. The number of para-hydroxylation sites is 1. The van der Waals surface area contributed by atoms with E-state index in [2.05, 4.69) is 10.1 Å². The summed E-state index contributed by atoms with van der Waals surface area (Å²) in [6.07, 6.45) is 6.48. The first-order chi connectivity index (χ1) is 9.31. The van der Waals surface area contributed by atoms with E-state index >= 15 is 0 Å². The third kappa shape index (κ3) is 2.73. The van der Waals surface area contributed by atoms with E-state index in [-0.39, 0.29) is 0 Å². The summed E-state index contributed by atoms with van der Waals surface area (Å²) in [5.41, 5.74) is 2.17. The van der Waals surface area contributed by atoms with E-state index in [1.807, 2.05) is 49.8 Å². The van der Waals surface area contributed by atoms with Gasteiger partial charge in [0.15, 0.2) is 0 Å². The Bertz CT molecular complexity index is 690. The normalized spacial score (nSPS) is 10.8. The molecule has 0 aliphatic carbocycles. The molecule has 0 saturated heterocycles. The van der Waals surface area contributed by atoms with Crippen molar-refractivity contribution >= 4 is 10.9 Å². The van der Waals surface area contributed by atoms with Gasteiger partial charge < -0.3 is 4.74 Å². The number of benzene rings is 1. The van der Waals surface area contributed by atoms with Crippen LogP contribution in [-0.4, -0.2) is 21.4 Å². The van der Waals surface area contributed by atoms with Gasteiger partial charge in [-0.2, -0.15) is 5.10 Å². The molecular formula is C15H15N3O. The van der Waals surface area contributed by atoms with Crippen LogP contribution in [0.1, 0.15) is 5.56 Å². The van der Waals surface area contributed by atoms with Gasteiger partial charge in [0.05, 0.1) is 24.5 Å². The summed E-state index contributed by atoms with van der Waals surface area (Å²) < 4.78 is 7.53. The third-order valence-electron chi connectivity index (χ3n) is 2.98. The van der Waals surface area contributed by atoms with Gasteiger partial charge in [-0.1, -0.05) is 18.2 Å². The lowest BCUT2D eigenvalue weighted by Gasteiger charge is -2.05. The van der Waals surface area contributed by atoms with Crippen molar-refractivity contribution in [2.45, 2.75) is 6.42 Å². The highest BCUT2D eigenvalue weighted by Gasteiger charge is 2.00. The fourth-order valence-corrected chi connectivity index (χ4v) is 2.02. The maximum atomic E-state index is 5.73. The molecule has 2 heterocycles. The molecule has 19 heavy (non-hydrogen) atoms. The molecule has 4 heteroatoms. The molecule has 0 aliphatic rings. The Morgan fingerprint density at radius 1 is 1.21 bits per heavy atom. The molecule has 0 spiro atoms. The van der Waals surface area contributed by atoms with Crippen molar-refractivity contribution in [3.05, 3.63) is 54.5 Å². The number of hydrogen-bond donors (Lipinski definition) is 0. The van der Waals surface area contributed by atoms with Crippen LogP contribution < -0.4 is 4.74 Å². The monoisotopic (exact) mass is 253 g/mol. The van der Waals surface area contributed by atoms with Gasteiger partial charge in [0.25, 0.3) is 0 Å². The van der Waals surface area contributed by atoms with Crippen molar-refractivity contribution in [2.24, 2.45) is 7.05 Å². The second-order valence-electron chi connectivity index (χ2n) is 4.48. The predicted molar refractivity (Wildman–Crippen MR) is 74.2 cm³/mol. The number of pyridine rings is 1. The van der Waals surface area contributed by atoms with Crippen LogP contribution in [0.2, 0.25) is 0 Å². The Hall–Kier alpha value is -2.36. The molecule has 0 fully saturated rings. The van der Waals surface area contributed by atoms with Crippen LogP contribution in [0.3, 0.4) is 0 Å². The Labute approximate surface area is 111 Å². The van der Waals surface area contributed by atoms with Gasteiger partial charge in [-0.25, -0.2) is 0 Å². The number of aromatic nitrogens is 3. The van der Waals surface area contributed by atoms with Crippen LogP contribution in [0.5, 0.6) is 5.75 Å². The van der Waals surface area contributed by atoms with E-state index < -0.39 is 0 Å². The summed E-state index contributed by atoms with van der Waals surface area (Å²) in [7, 11) is 1.91. The Morgan fingerprint density at radius 2 is 2.11 bits per heavy atom. The highest BCUT2D eigenvalue weighted by Crippen LogP contribution is 2.17. The number of nitrogens with zero attached hydrogens (tertiary/aromatic N) is 3. The average Bonchev–Trinajstić information content (AvgIpc) is 2.84. The minimum Gasteiger partial charge on any atom is -0.492 e. The number of hydrogen-bond acceptors (Lipinski definition) is 3. The van der Waals surface area contributed by atoms with E-state index in [1.54, 1.807) is 10.9 Å². The van der Waals surface area contributed by atoms with Crippen molar-refractivity contribution in [3.63, 3.8) is 0 Å². The van der Waals surface area contributed by atoms with E-state index in [4.69, 9.17) is 4.74 Å². The van der Waals surface area contributed by atoms with Crippen LogP contribution >= 0.6 is 0 Å². The fourth-order valence-electron chi connectivity index (χ4n) is 2.02. The molecule has 0 radical (unpaired) electrons. The maximum Gasteiger partial charge on any atom is 0.138 e. The largest absolute Gasteiger partial charge is 0.492 e. The van der Waals surface area contributed by atoms with Gasteiger partial charge in [0, 0.05) is 25.1 Å². The topological polar surface area (TPSA) is 39.9 Å². The molecule has 96 valence electrons. The van der Waals surface area contributed by atoms with Crippen molar-refractivity contribution in [2.75, 3.05) is 6.61 Å². The number of aryl methyl sites for hydroxylation is 1. The van der Waals surface area contributed by atoms with Gasteiger partial charge in [0.2, 0.25) is 0 Å². The summed E-state index contributed by atoms with van der Waals surface area (Å²) in [5.74, 6) is 0.808. The van der Waals surface area contributed by atoms with Crippen molar-refractivity contribution in [1.29, 1.82) is 0 Å². The molecule has 3 aromatic rings. The van der Waals surface area contributed by atoms with Crippen molar-refractivity contribution < 1.29 is 4.74 Å². The number of fused-ring (bicyclic) bond motifs is 1. The first kappa shape index (κ1) is 11.7. The van der Waals surface area contributed by atoms with Gasteiger partial charge in [-0.3, -0.25) is 9.67 Å². The van der Waals surface area contributed by atoms with Crippen LogP contribution in [0.4, 0.5) is 0 Å². The third-order valence-corrected chi connectivity index (χ3v) is 2.98. The van der Waals surface area contributed by atoms with Crippen molar-refractivity contribution in [1.82, 2.24) is 14.8 Å². The molecule has 0 amide bonds. The summed E-state index contributed by atoms with van der Waals surface area (Å²) in [6.45, 7) is 0.631. The number of rotatable bonds is 4. The van der Waals surface area contributed by atoms with Gasteiger partial charge >= 0.3 is 0 Å². The molecule has 2 aromatic heterocycles. The molecule has 0 N–H and O–H groups in total. The van der Waals surface area contributed by atoms with Crippen LogP contribution in [-0.2, 0) is 13.5 Å². The zero-order valence-electron chi connectivity index (χ0n) is 10.8. The first-order valence-corrected chi connectivity index (χ1v) is 6.26. The molecule has 3 rings (SSSR count). The summed E-state index contributed by atoms with van der Waals surface area (Å²) in [6, 6.07) is 10.0. The lowest BCUT2D eigenvalue weighted by molar-refractivity contribution is 0.321. The molecule has 1 aromatic carbocycles. The average molecular weight is 253 g/mol. The van der Waals surface area contributed by atoms with E-state index in [1.165, 1.54) is 5.56 Å². The molecule has 0 aliphatic heterocycles. The van der Waals surface area contributed by atoms with E-state index in [0.717, 1.165) is 23.1 Å². The van der Waals surface area contributed by atoms with Gasteiger partial charge in [-0.15, -0.1) is 0 Å². The molecular weight excluding hydrogens is 238 g/mol. The lowest BCUT2D eigenvalue weighted by Crippen LogP contribution is -2.01. The standard InChI is InChI=1S/C15H15N3O/c1-18-11-12(9-17-18)6-7-19-14-8-13-4-2-3-5-15(13)16-10-14/h2-5,8-11H,6-7H2,1H3. The zero-order chi connectivity index (χ0) is 13.1. The molecule has 0 unspecified atom stereocenters. The van der Waals surface area contributed by atoms with Crippen LogP contribution in [0.15, 0.2) is 48.9 Å². The van der Waals surface area contributed by atoms with Gasteiger partial charge in [-0.05, 0) is 17.7 Å². The molecule has 0 atom stereocenters. The molecule has 0 saturated carbocycles. The fraction of sp³-hybridized carbons (Fsp3) is 0.200. The minimum atomic E-state index is 0.631. The second-order valence-corrected chi connectivity index (χ2v) is 4.48. The predicted octanol–water partition coefficient (Wildman–Crippen LogP) is 2.59. The molecule has 4 nitrogen and oxygen atoms in total. The van der Waals surface area contributed by atoms with Crippen LogP contribution in [0.25, 0.3) is 10.9 Å². The quantitative estimate of drug-likeness (QED) is 0.717. The smallest absolute Gasteiger partial charge is 0.138 e. The lowest BCUT2D eigenvalue weighted by atomic mass is 10.2. The summed E-state index contributed by atoms with van der Waals surface area (Å²) in [5, 5.41) is 5.23. The SMILES string of the molecule is Cn1cc(CCOc2cnc3ccccc3c2)cn1. The van der Waals surface area contributed by atoms with Crippen molar-refractivity contribution in [3.8, 4) is 5.75 Å². The highest BCUT2D eigenvalue weighted by atomic mass is 16.5. The maximum absolute atomic E-state index is 5.73. The Kier molecular flexibility index (Phi) is 3.14. The Balaban J connectivity index is 1.65. The number of ether oxygens (including phenoxy) is 1. The van der Waals surface area contributed by atoms with E-state index in [0.29, 0.717) is 6.61 Å². The van der Waals surface area contributed by atoms with Gasteiger partial charge in [0.1, 0.15) is 5.75 Å². The Morgan fingerprint density at radius 3 is 2.95 bits per heavy atom. The first-order valence-electron chi connectivity index (χ1n) is 6.26. The molecule has 0 bridgehead atoms. The second kappa shape index (κ2) is 5.10. The summed E-state index contributed by atoms with van der Waals surface area (Å²) in [4.78, 5) is 4.37. The van der Waals surface area contributed by atoms with Crippen LogP contribution in [0, 0.1) is 0 Å². The summed E-state index contributed by atoms with van der Waals surface area (Å²) >= 11 is 0.